The number of aromatic nitrogens is 3. The van der Waals surface area contributed by atoms with Crippen LogP contribution in [0, 0.1) is 6.92 Å². The normalized spacial score (nSPS) is 11.3. The van der Waals surface area contributed by atoms with Gasteiger partial charge < -0.3 is 5.32 Å². The van der Waals surface area contributed by atoms with Gasteiger partial charge in [-0.3, -0.25) is 0 Å². The van der Waals surface area contributed by atoms with Crippen LogP contribution in [0.4, 0.5) is 11.4 Å². The predicted molar refractivity (Wildman–Crippen MR) is 209 cm³/mol. The lowest BCUT2D eigenvalue weighted by Crippen LogP contribution is -2.00. The van der Waals surface area contributed by atoms with Crippen molar-refractivity contribution in [1.82, 2.24) is 15.0 Å². The van der Waals surface area contributed by atoms with Crippen molar-refractivity contribution in [3.8, 4) is 45.3 Å². The Bertz CT molecular complexity index is 2630. The fourth-order valence-corrected chi connectivity index (χ4v) is 6.93. The fourth-order valence-electron chi connectivity index (χ4n) is 6.93. The van der Waals surface area contributed by atoms with E-state index >= 15 is 0 Å². The van der Waals surface area contributed by atoms with Crippen molar-refractivity contribution in [3.05, 3.63) is 175 Å². The zero-order chi connectivity index (χ0) is 33.4. The minimum absolute atomic E-state index is 0.624. The Kier molecular flexibility index (Phi) is 7.33. The molecule has 50 heavy (non-hydrogen) atoms. The summed E-state index contributed by atoms with van der Waals surface area (Å²) in [6.07, 6.45) is 0. The lowest BCUT2D eigenvalue weighted by atomic mass is 9.91. The molecule has 0 radical (unpaired) electrons. The molecular formula is C46H32N4. The summed E-state index contributed by atoms with van der Waals surface area (Å²) in [7, 11) is 0. The first-order valence-corrected chi connectivity index (χ1v) is 16.9. The van der Waals surface area contributed by atoms with E-state index in [1.807, 2.05) is 66.7 Å². The van der Waals surface area contributed by atoms with Gasteiger partial charge in [0.15, 0.2) is 17.5 Å². The molecule has 0 atom stereocenters. The SMILES string of the molecule is Cc1cc2ccc3c4ccccc4ccc3c2cc1-c1ccccc1Nc1cccc(-c2nc(-c3ccccc3)nc(-c3ccccc3)n2)c1. The number of nitrogens with one attached hydrogen (secondary N) is 1. The highest BCUT2D eigenvalue weighted by Crippen LogP contribution is 2.38. The molecule has 4 heteroatoms. The highest BCUT2D eigenvalue weighted by atomic mass is 15.0. The van der Waals surface area contributed by atoms with Crippen LogP contribution in [0.2, 0.25) is 0 Å². The van der Waals surface area contributed by atoms with Crippen LogP contribution in [0.5, 0.6) is 0 Å². The predicted octanol–water partition coefficient (Wildman–Crippen LogP) is 12.1. The summed E-state index contributed by atoms with van der Waals surface area (Å²) in [5.41, 5.74) is 8.36. The van der Waals surface area contributed by atoms with Gasteiger partial charge in [0.2, 0.25) is 0 Å². The second-order valence-electron chi connectivity index (χ2n) is 12.6. The maximum atomic E-state index is 4.95. The van der Waals surface area contributed by atoms with Crippen molar-refractivity contribution in [3.63, 3.8) is 0 Å². The molecule has 4 nitrogen and oxygen atoms in total. The second kappa shape index (κ2) is 12.4. The van der Waals surface area contributed by atoms with Crippen LogP contribution >= 0.6 is 0 Å². The minimum Gasteiger partial charge on any atom is -0.355 e. The van der Waals surface area contributed by atoms with Crippen LogP contribution in [-0.2, 0) is 0 Å². The Balaban J connectivity index is 1.12. The molecule has 0 saturated heterocycles. The van der Waals surface area contributed by atoms with Gasteiger partial charge in [0.05, 0.1) is 0 Å². The Hall–Kier alpha value is -6.65. The summed E-state index contributed by atoms with van der Waals surface area (Å²) in [4.78, 5) is 14.8. The van der Waals surface area contributed by atoms with Crippen LogP contribution in [0.25, 0.3) is 77.6 Å². The van der Waals surface area contributed by atoms with Gasteiger partial charge in [0.1, 0.15) is 0 Å². The number of hydrogen-bond donors (Lipinski definition) is 1. The quantitative estimate of drug-likeness (QED) is 0.184. The molecule has 0 aliphatic heterocycles. The number of anilines is 2. The molecule has 1 N–H and O–H groups in total. The molecule has 236 valence electrons. The minimum atomic E-state index is 0.624. The number of fused-ring (bicyclic) bond motifs is 5. The summed E-state index contributed by atoms with van der Waals surface area (Å²) in [5.74, 6) is 1.91. The third-order valence-electron chi connectivity index (χ3n) is 9.40. The van der Waals surface area contributed by atoms with Gasteiger partial charge in [-0.05, 0) is 74.6 Å². The van der Waals surface area contributed by atoms with Crippen LogP contribution in [-0.4, -0.2) is 15.0 Å². The molecule has 9 aromatic rings. The smallest absolute Gasteiger partial charge is 0.164 e. The molecule has 0 unspecified atom stereocenters. The fraction of sp³-hybridized carbons (Fsp3) is 0.0217. The van der Waals surface area contributed by atoms with E-state index in [1.54, 1.807) is 0 Å². The first kappa shape index (κ1) is 29.5. The molecule has 0 aliphatic rings. The summed E-state index contributed by atoms with van der Waals surface area (Å²) >= 11 is 0. The average molecular weight is 641 g/mol. The molecule has 0 bridgehead atoms. The Morgan fingerprint density at radius 3 is 1.70 bits per heavy atom. The van der Waals surface area contributed by atoms with Gasteiger partial charge in [-0.15, -0.1) is 0 Å². The van der Waals surface area contributed by atoms with E-state index in [1.165, 1.54) is 43.4 Å². The number of para-hydroxylation sites is 1. The van der Waals surface area contributed by atoms with Crippen molar-refractivity contribution < 1.29 is 0 Å². The summed E-state index contributed by atoms with van der Waals surface area (Å²) in [5, 5.41) is 11.3. The van der Waals surface area contributed by atoms with Crippen molar-refractivity contribution in [2.24, 2.45) is 0 Å². The van der Waals surface area contributed by atoms with E-state index in [0.29, 0.717) is 17.5 Å². The van der Waals surface area contributed by atoms with E-state index in [0.717, 1.165) is 33.6 Å². The topological polar surface area (TPSA) is 50.7 Å². The van der Waals surface area contributed by atoms with Crippen molar-refractivity contribution in [2.45, 2.75) is 6.92 Å². The number of rotatable bonds is 6. The molecule has 0 fully saturated rings. The lowest BCUT2D eigenvalue weighted by Gasteiger charge is -2.17. The maximum absolute atomic E-state index is 4.95. The zero-order valence-corrected chi connectivity index (χ0v) is 27.5. The van der Waals surface area contributed by atoms with E-state index in [2.05, 4.69) is 115 Å². The van der Waals surface area contributed by atoms with Gasteiger partial charge >= 0.3 is 0 Å². The Morgan fingerprint density at radius 2 is 0.960 bits per heavy atom. The lowest BCUT2D eigenvalue weighted by molar-refractivity contribution is 1.07. The monoisotopic (exact) mass is 640 g/mol. The molecule has 9 rings (SSSR count). The molecule has 0 amide bonds. The number of aryl methyl sites for hydroxylation is 1. The number of nitrogens with zero attached hydrogens (tertiary/aromatic N) is 3. The largest absolute Gasteiger partial charge is 0.355 e. The van der Waals surface area contributed by atoms with Crippen molar-refractivity contribution in [1.29, 1.82) is 0 Å². The first-order chi connectivity index (χ1) is 24.7. The van der Waals surface area contributed by atoms with E-state index in [4.69, 9.17) is 15.0 Å². The van der Waals surface area contributed by atoms with Crippen molar-refractivity contribution in [2.75, 3.05) is 5.32 Å². The van der Waals surface area contributed by atoms with Gasteiger partial charge in [-0.2, -0.15) is 0 Å². The third kappa shape index (κ3) is 5.43. The van der Waals surface area contributed by atoms with Gasteiger partial charge in [-0.1, -0.05) is 146 Å². The van der Waals surface area contributed by atoms with Crippen LogP contribution < -0.4 is 5.32 Å². The maximum Gasteiger partial charge on any atom is 0.164 e. The van der Waals surface area contributed by atoms with Gasteiger partial charge in [0.25, 0.3) is 0 Å². The van der Waals surface area contributed by atoms with E-state index in [-0.39, 0.29) is 0 Å². The molecule has 0 spiro atoms. The van der Waals surface area contributed by atoms with E-state index in [9.17, 15) is 0 Å². The van der Waals surface area contributed by atoms with Crippen molar-refractivity contribution >= 4 is 43.7 Å². The highest BCUT2D eigenvalue weighted by molar-refractivity contribution is 6.18. The Labute approximate surface area is 290 Å². The molecule has 1 heterocycles. The summed E-state index contributed by atoms with van der Waals surface area (Å²) in [6.45, 7) is 2.20. The zero-order valence-electron chi connectivity index (χ0n) is 27.5. The average Bonchev–Trinajstić information content (AvgIpc) is 3.18. The third-order valence-corrected chi connectivity index (χ3v) is 9.40. The molecular weight excluding hydrogens is 609 g/mol. The number of hydrogen-bond acceptors (Lipinski definition) is 4. The molecule has 1 aromatic heterocycles. The van der Waals surface area contributed by atoms with Gasteiger partial charge in [0, 0.05) is 33.6 Å². The Morgan fingerprint density at radius 1 is 0.380 bits per heavy atom. The molecule has 8 aromatic carbocycles. The molecule has 0 saturated carbocycles. The van der Waals surface area contributed by atoms with Crippen LogP contribution in [0.15, 0.2) is 170 Å². The van der Waals surface area contributed by atoms with Crippen LogP contribution in [0.3, 0.4) is 0 Å². The standard InChI is InChI=1S/C46H32N4/c1-30-27-34-24-26-38-37-20-9-8-13-31(37)23-25-39(38)42(34)29-41(30)40-21-10-11-22-43(40)47-36-19-12-18-35(28-36)46-49-44(32-14-4-2-5-15-32)48-45(50-46)33-16-6-3-7-17-33/h2-29,47H,1H3. The first-order valence-electron chi connectivity index (χ1n) is 16.9. The highest BCUT2D eigenvalue weighted by Gasteiger charge is 2.15. The second-order valence-corrected chi connectivity index (χ2v) is 12.6. The van der Waals surface area contributed by atoms with Crippen LogP contribution in [0.1, 0.15) is 5.56 Å². The molecule has 0 aliphatic carbocycles. The van der Waals surface area contributed by atoms with E-state index < -0.39 is 0 Å². The number of benzene rings is 8. The summed E-state index contributed by atoms with van der Waals surface area (Å²) in [6, 6.07) is 59.3. The van der Waals surface area contributed by atoms with Gasteiger partial charge in [-0.25, -0.2) is 15.0 Å². The summed E-state index contributed by atoms with van der Waals surface area (Å²) < 4.78 is 0.